The summed E-state index contributed by atoms with van der Waals surface area (Å²) in [6.45, 7) is 12.5. The van der Waals surface area contributed by atoms with E-state index in [1.54, 1.807) is 6.92 Å². The summed E-state index contributed by atoms with van der Waals surface area (Å²) in [5, 5.41) is 0. The van der Waals surface area contributed by atoms with Crippen LogP contribution in [0.5, 0.6) is 11.6 Å². The van der Waals surface area contributed by atoms with Gasteiger partial charge in [0.15, 0.2) is 0 Å². The lowest BCUT2D eigenvalue weighted by atomic mass is 9.96. The van der Waals surface area contributed by atoms with Crippen molar-refractivity contribution in [1.82, 2.24) is 4.98 Å². The van der Waals surface area contributed by atoms with Crippen molar-refractivity contribution in [2.45, 2.75) is 59.5 Å². The van der Waals surface area contributed by atoms with Crippen molar-refractivity contribution in [3.8, 4) is 11.6 Å². The number of pyridine rings is 1. The van der Waals surface area contributed by atoms with Crippen molar-refractivity contribution in [2.24, 2.45) is 5.92 Å². The van der Waals surface area contributed by atoms with E-state index in [1.165, 1.54) is 11.3 Å². The first-order valence-corrected chi connectivity index (χ1v) is 10.9. The first kappa shape index (κ1) is 22.1. The second kappa shape index (κ2) is 9.96. The minimum Gasteiger partial charge on any atom is -0.489 e. The predicted octanol–water partition coefficient (Wildman–Crippen LogP) is 5.17. The molecule has 0 amide bonds. The molecule has 0 unspecified atom stereocenters. The Hall–Kier alpha value is -2.56. The number of ether oxygens (including phenoxy) is 2. The second-order valence-corrected chi connectivity index (χ2v) is 8.82. The number of nitrogens with zero attached hydrogens (tertiary/aromatic N) is 2. The predicted molar refractivity (Wildman–Crippen MR) is 121 cm³/mol. The van der Waals surface area contributed by atoms with Crippen LogP contribution in [0.4, 0.5) is 5.69 Å². The average molecular weight is 411 g/mol. The molecule has 1 fully saturated rings. The first-order chi connectivity index (χ1) is 14.3. The molecule has 5 nitrogen and oxygen atoms in total. The quantitative estimate of drug-likeness (QED) is 0.571. The van der Waals surface area contributed by atoms with Crippen LogP contribution in [0.15, 0.2) is 36.5 Å². The van der Waals surface area contributed by atoms with E-state index in [9.17, 15) is 4.79 Å². The Labute approximate surface area is 180 Å². The summed E-state index contributed by atoms with van der Waals surface area (Å²) in [5.41, 5.74) is 3.43. The summed E-state index contributed by atoms with van der Waals surface area (Å²) in [7, 11) is 0. The van der Waals surface area contributed by atoms with E-state index >= 15 is 0 Å². The molecular formula is C25H34N2O3. The third-order valence-corrected chi connectivity index (χ3v) is 5.51. The molecule has 2 heterocycles. The number of carbonyl (C=O) groups is 1. The van der Waals surface area contributed by atoms with E-state index in [0.717, 1.165) is 36.7 Å². The number of benzene rings is 1. The number of hydrogen-bond acceptors (Lipinski definition) is 5. The molecule has 5 heteroatoms. The Bertz CT molecular complexity index is 848. The molecule has 0 bridgehead atoms. The molecule has 2 aromatic rings. The maximum Gasteiger partial charge on any atom is 0.218 e. The molecule has 0 radical (unpaired) electrons. The summed E-state index contributed by atoms with van der Waals surface area (Å²) in [4.78, 5) is 18.1. The number of rotatable bonds is 9. The SMILES string of the molecule is CC(=O)C[C@@H](C)c1ccc(O[C@@H]2CCN(c3ccnc(OCC(C)C)c3C)C2)cc1. The Kier molecular flexibility index (Phi) is 7.35. The summed E-state index contributed by atoms with van der Waals surface area (Å²) in [6.07, 6.45) is 3.53. The van der Waals surface area contributed by atoms with Gasteiger partial charge >= 0.3 is 0 Å². The van der Waals surface area contributed by atoms with Gasteiger partial charge in [-0.05, 0) is 49.4 Å². The topological polar surface area (TPSA) is 51.7 Å². The lowest BCUT2D eigenvalue weighted by molar-refractivity contribution is -0.117. The zero-order chi connectivity index (χ0) is 21.7. The standard InChI is InChI=1S/C25H34N2O3/c1-17(2)16-29-25-20(5)24(10-12-26-25)27-13-11-23(15-27)30-22-8-6-21(7-9-22)18(3)14-19(4)28/h6-10,12,17-18,23H,11,13-16H2,1-5H3/t18-,23-/m1/s1. The van der Waals surface area contributed by atoms with Crippen LogP contribution < -0.4 is 14.4 Å². The van der Waals surface area contributed by atoms with E-state index in [4.69, 9.17) is 9.47 Å². The van der Waals surface area contributed by atoms with Gasteiger partial charge in [0, 0.05) is 36.8 Å². The van der Waals surface area contributed by atoms with Gasteiger partial charge in [-0.1, -0.05) is 32.9 Å². The highest BCUT2D eigenvalue weighted by atomic mass is 16.5. The fourth-order valence-corrected chi connectivity index (χ4v) is 3.90. The van der Waals surface area contributed by atoms with Crippen LogP contribution in [0.25, 0.3) is 0 Å². The normalized spacial score (nSPS) is 17.3. The average Bonchev–Trinajstić information content (AvgIpc) is 3.15. The maximum atomic E-state index is 11.3. The minimum absolute atomic E-state index is 0.151. The van der Waals surface area contributed by atoms with Crippen molar-refractivity contribution in [3.05, 3.63) is 47.7 Å². The Morgan fingerprint density at radius 1 is 1.20 bits per heavy atom. The molecule has 1 aromatic heterocycles. The smallest absolute Gasteiger partial charge is 0.218 e. The molecule has 1 saturated heterocycles. The highest BCUT2D eigenvalue weighted by molar-refractivity contribution is 5.76. The second-order valence-electron chi connectivity index (χ2n) is 8.82. The van der Waals surface area contributed by atoms with E-state index < -0.39 is 0 Å². The fraction of sp³-hybridized carbons (Fsp3) is 0.520. The molecule has 0 N–H and O–H groups in total. The lowest BCUT2D eigenvalue weighted by Gasteiger charge is -2.22. The third kappa shape index (κ3) is 5.74. The monoisotopic (exact) mass is 410 g/mol. The van der Waals surface area contributed by atoms with Crippen LogP contribution in [-0.2, 0) is 4.79 Å². The first-order valence-electron chi connectivity index (χ1n) is 10.9. The number of aromatic nitrogens is 1. The van der Waals surface area contributed by atoms with Crippen LogP contribution in [0.1, 0.15) is 57.6 Å². The summed E-state index contributed by atoms with van der Waals surface area (Å²) in [6, 6.07) is 10.2. The number of ketones is 1. The van der Waals surface area contributed by atoms with Gasteiger partial charge in [0.2, 0.25) is 5.88 Å². The van der Waals surface area contributed by atoms with E-state index in [2.05, 4.69) is 55.8 Å². The van der Waals surface area contributed by atoms with Crippen LogP contribution in [0, 0.1) is 12.8 Å². The van der Waals surface area contributed by atoms with Crippen LogP contribution >= 0.6 is 0 Å². The molecular weight excluding hydrogens is 376 g/mol. The number of Topliss-reactive ketones (excluding diaryl/α,β-unsaturated/α-hetero) is 1. The Morgan fingerprint density at radius 3 is 2.60 bits per heavy atom. The molecule has 0 saturated carbocycles. The van der Waals surface area contributed by atoms with Crippen LogP contribution in [0.2, 0.25) is 0 Å². The van der Waals surface area contributed by atoms with Crippen molar-refractivity contribution < 1.29 is 14.3 Å². The van der Waals surface area contributed by atoms with Gasteiger partial charge in [0.25, 0.3) is 0 Å². The maximum absolute atomic E-state index is 11.3. The summed E-state index contributed by atoms with van der Waals surface area (Å²) < 4.78 is 12.1. The molecule has 0 aliphatic carbocycles. The summed E-state index contributed by atoms with van der Waals surface area (Å²) >= 11 is 0. The third-order valence-electron chi connectivity index (χ3n) is 5.51. The molecule has 30 heavy (non-hydrogen) atoms. The molecule has 162 valence electrons. The zero-order valence-corrected chi connectivity index (χ0v) is 18.9. The van der Waals surface area contributed by atoms with Crippen LogP contribution in [-0.4, -0.2) is 36.6 Å². The van der Waals surface area contributed by atoms with Gasteiger partial charge in [-0.2, -0.15) is 0 Å². The molecule has 1 aliphatic heterocycles. The summed E-state index contributed by atoms with van der Waals surface area (Å²) in [5.74, 6) is 2.53. The Balaban J connectivity index is 1.59. The zero-order valence-electron chi connectivity index (χ0n) is 18.9. The fourth-order valence-electron chi connectivity index (χ4n) is 3.90. The number of carbonyl (C=O) groups excluding carboxylic acids is 1. The van der Waals surface area contributed by atoms with Gasteiger partial charge in [0.1, 0.15) is 17.6 Å². The largest absolute Gasteiger partial charge is 0.489 e. The van der Waals surface area contributed by atoms with Gasteiger partial charge in [-0.3, -0.25) is 0 Å². The lowest BCUT2D eigenvalue weighted by Crippen LogP contribution is -2.25. The molecule has 1 aliphatic rings. The molecule has 3 rings (SSSR count). The molecule has 0 spiro atoms. The number of anilines is 1. The van der Waals surface area contributed by atoms with Gasteiger partial charge < -0.3 is 19.2 Å². The van der Waals surface area contributed by atoms with Gasteiger partial charge in [-0.15, -0.1) is 0 Å². The molecule has 2 atom stereocenters. The minimum atomic E-state index is 0.151. The van der Waals surface area contributed by atoms with E-state index in [0.29, 0.717) is 18.9 Å². The number of hydrogen-bond donors (Lipinski definition) is 0. The van der Waals surface area contributed by atoms with E-state index in [1.807, 2.05) is 18.3 Å². The Morgan fingerprint density at radius 2 is 1.93 bits per heavy atom. The van der Waals surface area contributed by atoms with Gasteiger partial charge in [0.05, 0.1) is 13.2 Å². The highest BCUT2D eigenvalue weighted by Gasteiger charge is 2.26. The van der Waals surface area contributed by atoms with Crippen molar-refractivity contribution >= 4 is 11.5 Å². The van der Waals surface area contributed by atoms with Crippen molar-refractivity contribution in [1.29, 1.82) is 0 Å². The molecule has 1 aromatic carbocycles. The van der Waals surface area contributed by atoms with Crippen LogP contribution in [0.3, 0.4) is 0 Å². The van der Waals surface area contributed by atoms with E-state index in [-0.39, 0.29) is 17.8 Å². The van der Waals surface area contributed by atoms with Crippen molar-refractivity contribution in [2.75, 3.05) is 24.6 Å². The van der Waals surface area contributed by atoms with Crippen molar-refractivity contribution in [3.63, 3.8) is 0 Å². The highest BCUT2D eigenvalue weighted by Crippen LogP contribution is 2.31. The van der Waals surface area contributed by atoms with Gasteiger partial charge in [-0.25, -0.2) is 4.98 Å².